The van der Waals surface area contributed by atoms with E-state index in [0.29, 0.717) is 0 Å². The van der Waals surface area contributed by atoms with Crippen molar-refractivity contribution in [3.05, 3.63) is 29.8 Å². The number of anilines is 1. The van der Waals surface area contributed by atoms with Crippen LogP contribution in [0.5, 0.6) is 0 Å². The Hall–Kier alpha value is -1.55. The number of nitrogens with zero attached hydrogens (tertiary/aromatic N) is 1. The second-order valence-electron chi connectivity index (χ2n) is 3.79. The van der Waals surface area contributed by atoms with Crippen LogP contribution >= 0.6 is 0 Å². The number of ether oxygens (including phenoxy) is 1. The number of benzene rings is 1. The van der Waals surface area contributed by atoms with Gasteiger partial charge in [0.1, 0.15) is 0 Å². The maximum Gasteiger partial charge on any atom is 0.308 e. The van der Waals surface area contributed by atoms with E-state index in [1.165, 1.54) is 7.11 Å². The van der Waals surface area contributed by atoms with E-state index in [9.17, 15) is 9.90 Å². The third-order valence-electron chi connectivity index (χ3n) is 2.36. The predicted molar refractivity (Wildman–Crippen MR) is 62.4 cm³/mol. The molecule has 1 atom stereocenters. The summed E-state index contributed by atoms with van der Waals surface area (Å²) in [5.74, 6) is -0.414. The molecule has 4 nitrogen and oxygen atoms in total. The maximum absolute atomic E-state index is 11.0. The highest BCUT2D eigenvalue weighted by molar-refractivity contribution is 5.70. The Labute approximate surface area is 95.5 Å². The van der Waals surface area contributed by atoms with E-state index in [0.717, 1.165) is 11.3 Å². The second-order valence-corrected chi connectivity index (χ2v) is 3.79. The minimum atomic E-state index is -0.813. The van der Waals surface area contributed by atoms with Crippen molar-refractivity contribution in [3.63, 3.8) is 0 Å². The number of carbonyl (C=O) groups excluding carboxylic acids is 1. The molecule has 0 heterocycles. The summed E-state index contributed by atoms with van der Waals surface area (Å²) in [6, 6.07) is 7.44. The van der Waals surface area contributed by atoms with E-state index < -0.39 is 12.1 Å². The van der Waals surface area contributed by atoms with Crippen LogP contribution in [0.1, 0.15) is 18.1 Å². The molecule has 0 bridgehead atoms. The summed E-state index contributed by atoms with van der Waals surface area (Å²) in [4.78, 5) is 13.0. The van der Waals surface area contributed by atoms with Gasteiger partial charge in [-0.2, -0.15) is 0 Å². The lowest BCUT2D eigenvalue weighted by Crippen LogP contribution is -2.11. The lowest BCUT2D eigenvalue weighted by Gasteiger charge is -2.15. The quantitative estimate of drug-likeness (QED) is 0.783. The van der Waals surface area contributed by atoms with Gasteiger partial charge >= 0.3 is 5.97 Å². The van der Waals surface area contributed by atoms with E-state index >= 15 is 0 Å². The van der Waals surface area contributed by atoms with Gasteiger partial charge in [0.05, 0.1) is 19.6 Å². The molecule has 0 aliphatic carbocycles. The minimum absolute atomic E-state index is 0.0205. The zero-order valence-corrected chi connectivity index (χ0v) is 9.80. The van der Waals surface area contributed by atoms with Gasteiger partial charge in [0.2, 0.25) is 0 Å². The van der Waals surface area contributed by atoms with Crippen molar-refractivity contribution in [2.24, 2.45) is 0 Å². The molecular formula is C12H17NO3. The molecular weight excluding hydrogens is 206 g/mol. The van der Waals surface area contributed by atoms with Crippen molar-refractivity contribution >= 4 is 11.7 Å². The standard InChI is InChI=1S/C12H17NO3/c1-13(2)10-6-4-5-9(7-10)11(14)8-12(15)16-3/h4-7,11,14H,8H2,1-3H3/t11-/m0/s1. The molecule has 0 radical (unpaired) electrons. The molecule has 0 spiro atoms. The molecule has 0 aliphatic rings. The van der Waals surface area contributed by atoms with Gasteiger partial charge in [-0.1, -0.05) is 12.1 Å². The van der Waals surface area contributed by atoms with Crippen LogP contribution in [0, 0.1) is 0 Å². The van der Waals surface area contributed by atoms with Gasteiger partial charge in [-0.25, -0.2) is 0 Å². The molecule has 16 heavy (non-hydrogen) atoms. The van der Waals surface area contributed by atoms with Crippen LogP contribution in [0.15, 0.2) is 24.3 Å². The van der Waals surface area contributed by atoms with Crippen LogP contribution in [0.4, 0.5) is 5.69 Å². The summed E-state index contributed by atoms with van der Waals surface area (Å²) < 4.78 is 4.51. The predicted octanol–water partition coefficient (Wildman–Crippen LogP) is 1.35. The van der Waals surface area contributed by atoms with Gasteiger partial charge in [-0.15, -0.1) is 0 Å². The van der Waals surface area contributed by atoms with Gasteiger partial charge in [0, 0.05) is 19.8 Å². The lowest BCUT2D eigenvalue weighted by atomic mass is 10.1. The van der Waals surface area contributed by atoms with Crippen molar-refractivity contribution in [1.82, 2.24) is 0 Å². The summed E-state index contributed by atoms with van der Waals surface area (Å²) in [5, 5.41) is 9.81. The number of rotatable bonds is 4. The Kier molecular flexibility index (Phi) is 4.31. The molecule has 0 unspecified atom stereocenters. The highest BCUT2D eigenvalue weighted by atomic mass is 16.5. The molecule has 1 aromatic rings. The normalized spacial score (nSPS) is 12.0. The second kappa shape index (κ2) is 5.51. The molecule has 0 fully saturated rings. The van der Waals surface area contributed by atoms with Gasteiger partial charge in [0.15, 0.2) is 0 Å². The fourth-order valence-corrected chi connectivity index (χ4v) is 1.37. The van der Waals surface area contributed by atoms with Gasteiger partial charge in [-0.3, -0.25) is 4.79 Å². The molecule has 1 rings (SSSR count). The summed E-state index contributed by atoms with van der Waals surface area (Å²) in [6.07, 6.45) is -0.833. The Morgan fingerprint density at radius 3 is 2.75 bits per heavy atom. The lowest BCUT2D eigenvalue weighted by molar-refractivity contribution is -0.142. The minimum Gasteiger partial charge on any atom is -0.469 e. The Bertz CT molecular complexity index is 363. The molecule has 0 saturated carbocycles. The van der Waals surface area contributed by atoms with Crippen LogP contribution in [-0.2, 0) is 9.53 Å². The van der Waals surface area contributed by atoms with E-state index in [1.807, 2.05) is 37.2 Å². The van der Waals surface area contributed by atoms with Crippen molar-refractivity contribution in [1.29, 1.82) is 0 Å². The zero-order valence-electron chi connectivity index (χ0n) is 9.80. The molecule has 0 amide bonds. The zero-order chi connectivity index (χ0) is 12.1. The number of aliphatic hydroxyl groups is 1. The van der Waals surface area contributed by atoms with Crippen LogP contribution in [-0.4, -0.2) is 32.3 Å². The smallest absolute Gasteiger partial charge is 0.308 e. The highest BCUT2D eigenvalue weighted by Gasteiger charge is 2.13. The maximum atomic E-state index is 11.0. The van der Waals surface area contributed by atoms with E-state index in [-0.39, 0.29) is 6.42 Å². The van der Waals surface area contributed by atoms with Crippen LogP contribution < -0.4 is 4.90 Å². The Balaban J connectivity index is 2.79. The summed E-state index contributed by atoms with van der Waals surface area (Å²) in [6.45, 7) is 0. The first-order chi connectivity index (χ1) is 7.54. The molecule has 4 heteroatoms. The number of aliphatic hydroxyl groups excluding tert-OH is 1. The van der Waals surface area contributed by atoms with Gasteiger partial charge in [0.25, 0.3) is 0 Å². The van der Waals surface area contributed by atoms with Crippen LogP contribution in [0.25, 0.3) is 0 Å². The topological polar surface area (TPSA) is 49.8 Å². The number of hydrogen-bond donors (Lipinski definition) is 1. The van der Waals surface area contributed by atoms with Crippen molar-refractivity contribution in [2.45, 2.75) is 12.5 Å². The van der Waals surface area contributed by atoms with Crippen LogP contribution in [0.2, 0.25) is 0 Å². The van der Waals surface area contributed by atoms with Crippen molar-refractivity contribution in [2.75, 3.05) is 26.1 Å². The first kappa shape index (κ1) is 12.5. The molecule has 0 aromatic heterocycles. The van der Waals surface area contributed by atoms with E-state index in [2.05, 4.69) is 4.74 Å². The Morgan fingerprint density at radius 1 is 1.50 bits per heavy atom. The monoisotopic (exact) mass is 223 g/mol. The fraction of sp³-hybridized carbons (Fsp3) is 0.417. The Morgan fingerprint density at radius 2 is 2.19 bits per heavy atom. The molecule has 88 valence electrons. The number of esters is 1. The number of methoxy groups -OCH3 is 1. The van der Waals surface area contributed by atoms with E-state index in [1.54, 1.807) is 6.07 Å². The van der Waals surface area contributed by atoms with Crippen molar-refractivity contribution < 1.29 is 14.6 Å². The molecule has 0 saturated heterocycles. The molecule has 1 N–H and O–H groups in total. The third-order valence-corrected chi connectivity index (χ3v) is 2.36. The largest absolute Gasteiger partial charge is 0.469 e. The fourth-order valence-electron chi connectivity index (χ4n) is 1.37. The van der Waals surface area contributed by atoms with Crippen LogP contribution in [0.3, 0.4) is 0 Å². The summed E-state index contributed by atoms with van der Waals surface area (Å²) >= 11 is 0. The van der Waals surface area contributed by atoms with Crippen molar-refractivity contribution in [3.8, 4) is 0 Å². The average Bonchev–Trinajstić information content (AvgIpc) is 2.28. The number of hydrogen-bond acceptors (Lipinski definition) is 4. The summed E-state index contributed by atoms with van der Waals surface area (Å²) in [5.41, 5.74) is 1.71. The first-order valence-electron chi connectivity index (χ1n) is 5.06. The summed E-state index contributed by atoms with van der Waals surface area (Å²) in [7, 11) is 5.16. The third kappa shape index (κ3) is 3.24. The van der Waals surface area contributed by atoms with Gasteiger partial charge < -0.3 is 14.7 Å². The highest BCUT2D eigenvalue weighted by Crippen LogP contribution is 2.21. The number of carbonyl (C=O) groups is 1. The van der Waals surface area contributed by atoms with E-state index in [4.69, 9.17) is 0 Å². The SMILES string of the molecule is COC(=O)C[C@H](O)c1cccc(N(C)C)c1. The first-order valence-corrected chi connectivity index (χ1v) is 5.06. The molecule has 1 aromatic carbocycles. The average molecular weight is 223 g/mol. The van der Waals surface area contributed by atoms with Gasteiger partial charge in [-0.05, 0) is 17.7 Å². The molecule has 0 aliphatic heterocycles.